The molecule has 0 aliphatic carbocycles. The number of nitrogens with zero attached hydrogens (tertiary/aromatic N) is 3. The Morgan fingerprint density at radius 1 is 1.55 bits per heavy atom. The first-order chi connectivity index (χ1) is 9.70. The van der Waals surface area contributed by atoms with E-state index >= 15 is 0 Å². The van der Waals surface area contributed by atoms with Crippen LogP contribution in [-0.4, -0.2) is 23.3 Å². The van der Waals surface area contributed by atoms with Crippen molar-refractivity contribution in [3.63, 3.8) is 0 Å². The van der Waals surface area contributed by atoms with E-state index in [2.05, 4.69) is 45.7 Å². The summed E-state index contributed by atoms with van der Waals surface area (Å²) in [5.74, 6) is 0.658. The van der Waals surface area contributed by atoms with Gasteiger partial charge in [0.1, 0.15) is 0 Å². The summed E-state index contributed by atoms with van der Waals surface area (Å²) in [6, 6.07) is 3.23. The maximum atomic E-state index is 5.84. The Morgan fingerprint density at radius 2 is 2.40 bits per heavy atom. The van der Waals surface area contributed by atoms with Gasteiger partial charge in [-0.25, -0.2) is 0 Å². The number of hydrogen-bond acceptors (Lipinski definition) is 6. The van der Waals surface area contributed by atoms with Crippen LogP contribution in [0.5, 0.6) is 0 Å². The van der Waals surface area contributed by atoms with Crippen LogP contribution in [-0.2, 0) is 6.42 Å². The van der Waals surface area contributed by atoms with Gasteiger partial charge in [-0.1, -0.05) is 12.0 Å². The van der Waals surface area contributed by atoms with Gasteiger partial charge in [-0.3, -0.25) is 0 Å². The lowest BCUT2D eigenvalue weighted by Crippen LogP contribution is -2.33. The molecule has 3 rings (SSSR count). The third-order valence-electron chi connectivity index (χ3n) is 3.83. The van der Waals surface area contributed by atoms with Gasteiger partial charge in [-0.05, 0) is 43.8 Å². The number of nitrogens with one attached hydrogen (secondary N) is 1. The molecule has 0 saturated carbocycles. The molecule has 1 aliphatic rings. The molecule has 5 nitrogen and oxygen atoms in total. The van der Waals surface area contributed by atoms with Crippen LogP contribution < -0.4 is 10.2 Å². The number of rotatable bonds is 4. The minimum Gasteiger partial charge on any atom is -0.406 e. The van der Waals surface area contributed by atoms with Crippen molar-refractivity contribution in [3.05, 3.63) is 27.8 Å². The maximum Gasteiger partial charge on any atom is 0.318 e. The van der Waals surface area contributed by atoms with E-state index in [9.17, 15) is 0 Å². The molecule has 1 aliphatic heterocycles. The van der Waals surface area contributed by atoms with E-state index in [1.165, 1.54) is 10.4 Å². The molecule has 108 valence electrons. The third-order valence-corrected chi connectivity index (χ3v) is 4.83. The van der Waals surface area contributed by atoms with Crippen molar-refractivity contribution in [2.45, 2.75) is 39.3 Å². The highest BCUT2D eigenvalue weighted by Crippen LogP contribution is 2.35. The first-order valence-corrected chi connectivity index (χ1v) is 7.98. The minimum atomic E-state index is 0.0954. The number of aromatic nitrogens is 2. The predicted molar refractivity (Wildman–Crippen MR) is 80.2 cm³/mol. The molecule has 0 spiro atoms. The second-order valence-electron chi connectivity index (χ2n) is 5.12. The average molecular weight is 292 g/mol. The van der Waals surface area contributed by atoms with Crippen molar-refractivity contribution in [2.24, 2.45) is 0 Å². The molecule has 2 atom stereocenters. The lowest BCUT2D eigenvalue weighted by molar-refractivity contribution is 0.410. The zero-order valence-corrected chi connectivity index (χ0v) is 12.9. The third kappa shape index (κ3) is 2.33. The van der Waals surface area contributed by atoms with Gasteiger partial charge < -0.3 is 14.6 Å². The molecule has 20 heavy (non-hydrogen) atoms. The largest absolute Gasteiger partial charge is 0.406 e. The normalized spacial score (nSPS) is 19.9. The summed E-state index contributed by atoms with van der Waals surface area (Å²) in [5.41, 5.74) is 1.39. The fraction of sp³-hybridized carbons (Fsp3) is 0.571. The highest BCUT2D eigenvalue weighted by atomic mass is 32.1. The van der Waals surface area contributed by atoms with Crippen molar-refractivity contribution in [3.8, 4) is 0 Å². The molecule has 1 N–H and O–H groups in total. The molecular weight excluding hydrogens is 272 g/mol. The monoisotopic (exact) mass is 292 g/mol. The Balaban J connectivity index is 1.80. The molecule has 3 heterocycles. The van der Waals surface area contributed by atoms with E-state index in [-0.39, 0.29) is 6.04 Å². The Labute approximate surface area is 123 Å². The topological polar surface area (TPSA) is 54.2 Å². The molecule has 2 unspecified atom stereocenters. The van der Waals surface area contributed by atoms with E-state index in [1.54, 1.807) is 0 Å². The number of thiophene rings is 1. The van der Waals surface area contributed by atoms with Crippen molar-refractivity contribution >= 4 is 17.4 Å². The van der Waals surface area contributed by atoms with Gasteiger partial charge in [0.15, 0.2) is 0 Å². The fourth-order valence-electron chi connectivity index (χ4n) is 2.68. The second-order valence-corrected chi connectivity index (χ2v) is 6.12. The molecule has 0 bridgehead atoms. The van der Waals surface area contributed by atoms with Crippen LogP contribution in [0.1, 0.15) is 49.2 Å². The van der Waals surface area contributed by atoms with Crippen molar-refractivity contribution < 1.29 is 4.42 Å². The average Bonchev–Trinajstić information content (AvgIpc) is 3.08. The van der Waals surface area contributed by atoms with Crippen LogP contribution in [0, 0.1) is 0 Å². The summed E-state index contributed by atoms with van der Waals surface area (Å²) in [4.78, 5) is 3.68. The summed E-state index contributed by atoms with van der Waals surface area (Å²) in [6.07, 6.45) is 1.05. The molecule has 0 radical (unpaired) electrons. The Hall–Kier alpha value is -1.40. The zero-order chi connectivity index (χ0) is 14.1. The summed E-state index contributed by atoms with van der Waals surface area (Å²) in [6.45, 7) is 8.13. The van der Waals surface area contributed by atoms with Crippen LogP contribution in [0.25, 0.3) is 0 Å². The Kier molecular flexibility index (Phi) is 3.76. The molecular formula is C14H20N4OS. The Morgan fingerprint density at radius 3 is 3.20 bits per heavy atom. The SMILES string of the molecule is CCNC(C)c1nnc(N2CCc3sccc3C2C)o1. The first-order valence-electron chi connectivity index (χ1n) is 7.10. The summed E-state index contributed by atoms with van der Waals surface area (Å²) in [5, 5.41) is 13.8. The van der Waals surface area contributed by atoms with Crippen LogP contribution in [0.15, 0.2) is 15.9 Å². The maximum absolute atomic E-state index is 5.84. The standard InChI is InChI=1S/C14H20N4OS/c1-4-15-9(2)13-16-17-14(19-13)18-7-5-12-11(10(18)3)6-8-20-12/h6,8-10,15H,4-5,7H2,1-3H3. The first kappa shape index (κ1) is 13.6. The number of hydrogen-bond donors (Lipinski definition) is 1. The summed E-state index contributed by atoms with van der Waals surface area (Å²) >= 11 is 1.84. The zero-order valence-electron chi connectivity index (χ0n) is 12.1. The lowest BCUT2D eigenvalue weighted by Gasteiger charge is -2.31. The molecule has 0 amide bonds. The minimum absolute atomic E-state index is 0.0954. The van der Waals surface area contributed by atoms with Gasteiger partial charge in [-0.15, -0.1) is 16.4 Å². The van der Waals surface area contributed by atoms with E-state index < -0.39 is 0 Å². The van der Waals surface area contributed by atoms with Crippen LogP contribution >= 0.6 is 11.3 Å². The van der Waals surface area contributed by atoms with E-state index in [1.807, 2.05) is 18.3 Å². The summed E-state index contributed by atoms with van der Waals surface area (Å²) < 4.78 is 5.84. The quantitative estimate of drug-likeness (QED) is 0.939. The van der Waals surface area contributed by atoms with Crippen molar-refractivity contribution in [1.29, 1.82) is 0 Å². The smallest absolute Gasteiger partial charge is 0.318 e. The van der Waals surface area contributed by atoms with Crippen LogP contribution in [0.2, 0.25) is 0 Å². The van der Waals surface area contributed by atoms with E-state index in [0.29, 0.717) is 17.9 Å². The van der Waals surface area contributed by atoms with Gasteiger partial charge in [0, 0.05) is 11.4 Å². The molecule has 2 aromatic heterocycles. The molecule has 2 aromatic rings. The molecule has 0 fully saturated rings. The van der Waals surface area contributed by atoms with Crippen LogP contribution in [0.4, 0.5) is 6.01 Å². The second kappa shape index (κ2) is 5.54. The fourth-order valence-corrected chi connectivity index (χ4v) is 3.64. The van der Waals surface area contributed by atoms with Crippen molar-refractivity contribution in [2.75, 3.05) is 18.0 Å². The van der Waals surface area contributed by atoms with Gasteiger partial charge >= 0.3 is 6.01 Å². The van der Waals surface area contributed by atoms with Crippen LogP contribution in [0.3, 0.4) is 0 Å². The predicted octanol–water partition coefficient (Wildman–Crippen LogP) is 2.93. The lowest BCUT2D eigenvalue weighted by atomic mass is 10.0. The Bertz CT molecular complexity index is 579. The van der Waals surface area contributed by atoms with E-state index in [4.69, 9.17) is 4.42 Å². The number of anilines is 1. The van der Waals surface area contributed by atoms with Gasteiger partial charge in [0.05, 0.1) is 12.1 Å². The van der Waals surface area contributed by atoms with Gasteiger partial charge in [-0.2, -0.15) is 0 Å². The summed E-state index contributed by atoms with van der Waals surface area (Å²) in [7, 11) is 0. The number of fused-ring (bicyclic) bond motifs is 1. The highest BCUT2D eigenvalue weighted by molar-refractivity contribution is 7.10. The van der Waals surface area contributed by atoms with Crippen molar-refractivity contribution in [1.82, 2.24) is 15.5 Å². The van der Waals surface area contributed by atoms with E-state index in [0.717, 1.165) is 19.5 Å². The van der Waals surface area contributed by atoms with Gasteiger partial charge in [0.25, 0.3) is 0 Å². The molecule has 0 saturated heterocycles. The van der Waals surface area contributed by atoms with Gasteiger partial charge in [0.2, 0.25) is 5.89 Å². The molecule has 0 aromatic carbocycles. The molecule has 6 heteroatoms. The highest BCUT2D eigenvalue weighted by Gasteiger charge is 2.28.